The van der Waals surface area contributed by atoms with Crippen molar-refractivity contribution >= 4 is 0 Å². The highest BCUT2D eigenvalue weighted by Crippen LogP contribution is 2.25. The van der Waals surface area contributed by atoms with Crippen LogP contribution in [0.3, 0.4) is 0 Å². The van der Waals surface area contributed by atoms with Crippen LogP contribution in [0.4, 0.5) is 0 Å². The first-order chi connectivity index (χ1) is 8.52. The zero-order chi connectivity index (χ0) is 13.6. The normalized spacial score (nSPS) is 21.8. The second-order valence-electron chi connectivity index (χ2n) is 6.10. The number of nitrogens with two attached hydrogens (primary N) is 1. The van der Waals surface area contributed by atoms with Crippen LogP contribution in [0.15, 0.2) is 0 Å². The van der Waals surface area contributed by atoms with Crippen LogP contribution in [0.25, 0.3) is 0 Å². The van der Waals surface area contributed by atoms with Crippen molar-refractivity contribution in [3.8, 4) is 0 Å². The quantitative estimate of drug-likeness (QED) is 0.539. The van der Waals surface area contributed by atoms with Crippen LogP contribution >= 0.6 is 0 Å². The van der Waals surface area contributed by atoms with E-state index in [9.17, 15) is 0 Å². The number of nitrogens with one attached hydrogen (secondary N) is 1. The second-order valence-corrected chi connectivity index (χ2v) is 6.10. The Morgan fingerprint density at radius 1 is 1.33 bits per heavy atom. The number of hydrazine groups is 1. The summed E-state index contributed by atoms with van der Waals surface area (Å²) < 4.78 is 5.43. The molecule has 1 aliphatic rings. The minimum Gasteiger partial charge on any atom is -0.379 e. The lowest BCUT2D eigenvalue weighted by Gasteiger charge is -2.46. The number of rotatable bonds is 7. The molecule has 0 spiro atoms. The van der Waals surface area contributed by atoms with Crippen molar-refractivity contribution in [2.24, 2.45) is 11.8 Å². The first kappa shape index (κ1) is 15.9. The Kier molecular flexibility index (Phi) is 6.57. The van der Waals surface area contributed by atoms with Crippen LogP contribution in [0.5, 0.6) is 0 Å². The van der Waals surface area contributed by atoms with Crippen molar-refractivity contribution in [1.29, 1.82) is 0 Å². The summed E-state index contributed by atoms with van der Waals surface area (Å²) in [6.07, 6.45) is 3.66. The zero-order valence-electron chi connectivity index (χ0n) is 12.5. The molecule has 3 N–H and O–H groups in total. The fourth-order valence-corrected chi connectivity index (χ4v) is 2.93. The van der Waals surface area contributed by atoms with E-state index in [2.05, 4.69) is 38.0 Å². The van der Waals surface area contributed by atoms with Crippen LogP contribution in [0.1, 0.15) is 47.0 Å². The van der Waals surface area contributed by atoms with Gasteiger partial charge in [-0.3, -0.25) is 16.2 Å². The Morgan fingerprint density at radius 2 is 1.94 bits per heavy atom. The fraction of sp³-hybridized carbons (Fsp3) is 1.00. The van der Waals surface area contributed by atoms with Crippen LogP contribution < -0.4 is 11.3 Å². The van der Waals surface area contributed by atoms with E-state index in [0.29, 0.717) is 6.04 Å². The van der Waals surface area contributed by atoms with Crippen molar-refractivity contribution in [3.05, 3.63) is 0 Å². The summed E-state index contributed by atoms with van der Waals surface area (Å²) in [6.45, 7) is 12.8. The Hall–Kier alpha value is -0.160. The van der Waals surface area contributed by atoms with E-state index in [1.165, 1.54) is 12.8 Å². The maximum atomic E-state index is 5.80. The molecule has 0 bridgehead atoms. The lowest BCUT2D eigenvalue weighted by molar-refractivity contribution is -0.0262. The molecular weight excluding hydrogens is 226 g/mol. The summed E-state index contributed by atoms with van der Waals surface area (Å²) in [5.74, 6) is 6.52. The molecule has 0 aliphatic carbocycles. The van der Waals surface area contributed by atoms with Gasteiger partial charge in [-0.1, -0.05) is 26.7 Å². The van der Waals surface area contributed by atoms with Gasteiger partial charge in [-0.05, 0) is 26.2 Å². The molecule has 1 saturated heterocycles. The van der Waals surface area contributed by atoms with E-state index in [0.717, 1.165) is 38.6 Å². The molecule has 0 aromatic rings. The minimum absolute atomic E-state index is 0.0839. The highest BCUT2D eigenvalue weighted by atomic mass is 16.5. The van der Waals surface area contributed by atoms with Gasteiger partial charge in [0.25, 0.3) is 0 Å². The van der Waals surface area contributed by atoms with Crippen molar-refractivity contribution in [2.45, 2.75) is 58.5 Å². The van der Waals surface area contributed by atoms with Crippen molar-refractivity contribution in [1.82, 2.24) is 10.3 Å². The van der Waals surface area contributed by atoms with Crippen molar-refractivity contribution < 1.29 is 4.74 Å². The Morgan fingerprint density at radius 3 is 2.44 bits per heavy atom. The van der Waals surface area contributed by atoms with Crippen LogP contribution in [-0.2, 0) is 4.74 Å². The molecule has 0 radical (unpaired) electrons. The summed E-state index contributed by atoms with van der Waals surface area (Å²) in [5, 5.41) is 0. The Labute approximate surface area is 112 Å². The molecule has 0 aromatic carbocycles. The van der Waals surface area contributed by atoms with Gasteiger partial charge in [-0.2, -0.15) is 0 Å². The summed E-state index contributed by atoms with van der Waals surface area (Å²) >= 11 is 0. The van der Waals surface area contributed by atoms with Gasteiger partial charge in [0.1, 0.15) is 0 Å². The number of hydrogen-bond donors (Lipinski definition) is 2. The molecule has 1 heterocycles. The molecule has 2 unspecified atom stereocenters. The molecule has 4 nitrogen and oxygen atoms in total. The lowest BCUT2D eigenvalue weighted by Crippen LogP contribution is -2.62. The molecule has 1 rings (SSSR count). The molecule has 108 valence electrons. The summed E-state index contributed by atoms with van der Waals surface area (Å²) in [4.78, 5) is 2.50. The third kappa shape index (κ3) is 4.19. The molecule has 0 amide bonds. The Balaban J connectivity index is 2.59. The average Bonchev–Trinajstić information content (AvgIpc) is 2.37. The largest absolute Gasteiger partial charge is 0.379 e. The average molecular weight is 257 g/mol. The van der Waals surface area contributed by atoms with Crippen LogP contribution in [0, 0.1) is 5.92 Å². The van der Waals surface area contributed by atoms with Gasteiger partial charge in [-0.15, -0.1) is 0 Å². The summed E-state index contributed by atoms with van der Waals surface area (Å²) in [6, 6.07) is 0.331. The standard InChI is InChI=1S/C14H31N3O/c1-5-6-12(2)11-13(16-15)14(3,4)17-7-9-18-10-8-17/h12-13,16H,5-11,15H2,1-4H3. The van der Waals surface area contributed by atoms with Gasteiger partial charge in [0, 0.05) is 24.7 Å². The maximum Gasteiger partial charge on any atom is 0.0594 e. The monoisotopic (exact) mass is 257 g/mol. The molecule has 0 saturated carbocycles. The summed E-state index contributed by atoms with van der Waals surface area (Å²) in [5.41, 5.74) is 3.13. The van der Waals surface area contributed by atoms with Crippen molar-refractivity contribution in [2.75, 3.05) is 26.3 Å². The van der Waals surface area contributed by atoms with Gasteiger partial charge < -0.3 is 4.74 Å². The van der Waals surface area contributed by atoms with E-state index < -0.39 is 0 Å². The van der Waals surface area contributed by atoms with E-state index in [4.69, 9.17) is 10.6 Å². The van der Waals surface area contributed by atoms with E-state index in [-0.39, 0.29) is 5.54 Å². The highest BCUT2D eigenvalue weighted by molar-refractivity contribution is 4.94. The maximum absolute atomic E-state index is 5.80. The summed E-state index contributed by atoms with van der Waals surface area (Å²) in [7, 11) is 0. The molecule has 0 aromatic heterocycles. The smallest absolute Gasteiger partial charge is 0.0594 e. The van der Waals surface area contributed by atoms with Gasteiger partial charge in [0.2, 0.25) is 0 Å². The van der Waals surface area contributed by atoms with Gasteiger partial charge in [0.15, 0.2) is 0 Å². The SMILES string of the molecule is CCCC(C)CC(NN)C(C)(C)N1CCOCC1. The number of nitrogens with zero attached hydrogens (tertiary/aromatic N) is 1. The van der Waals surface area contributed by atoms with Gasteiger partial charge in [-0.25, -0.2) is 0 Å². The van der Waals surface area contributed by atoms with Crippen molar-refractivity contribution in [3.63, 3.8) is 0 Å². The van der Waals surface area contributed by atoms with Crippen LogP contribution in [0.2, 0.25) is 0 Å². The minimum atomic E-state index is 0.0839. The molecule has 2 atom stereocenters. The molecule has 4 heteroatoms. The van der Waals surface area contributed by atoms with Gasteiger partial charge >= 0.3 is 0 Å². The van der Waals surface area contributed by atoms with E-state index >= 15 is 0 Å². The first-order valence-electron chi connectivity index (χ1n) is 7.31. The predicted molar refractivity (Wildman–Crippen MR) is 76.3 cm³/mol. The third-order valence-electron chi connectivity index (χ3n) is 4.30. The molecular formula is C14H31N3O. The molecule has 18 heavy (non-hydrogen) atoms. The third-order valence-corrected chi connectivity index (χ3v) is 4.30. The lowest BCUT2D eigenvalue weighted by atomic mass is 9.84. The van der Waals surface area contributed by atoms with Gasteiger partial charge in [0.05, 0.1) is 13.2 Å². The number of hydrogen-bond acceptors (Lipinski definition) is 4. The van der Waals surface area contributed by atoms with E-state index in [1.807, 2.05) is 0 Å². The predicted octanol–water partition coefficient (Wildman–Crippen LogP) is 1.76. The van der Waals surface area contributed by atoms with Crippen LogP contribution in [-0.4, -0.2) is 42.8 Å². The second kappa shape index (κ2) is 7.43. The van der Waals surface area contributed by atoms with E-state index in [1.54, 1.807) is 0 Å². The number of morpholine rings is 1. The fourth-order valence-electron chi connectivity index (χ4n) is 2.93. The zero-order valence-corrected chi connectivity index (χ0v) is 12.5. The molecule has 1 aliphatic heterocycles. The highest BCUT2D eigenvalue weighted by Gasteiger charge is 2.36. The first-order valence-corrected chi connectivity index (χ1v) is 7.31. The topological polar surface area (TPSA) is 50.5 Å². The Bertz CT molecular complexity index is 227. The molecule has 1 fully saturated rings. The number of ether oxygens (including phenoxy) is 1.